The average Bonchev–Trinajstić information content (AvgIpc) is 2.04. The van der Waals surface area contributed by atoms with Crippen molar-refractivity contribution in [2.24, 2.45) is 5.73 Å². The Balaban J connectivity index is 1.72. The molecule has 0 radical (unpaired) electrons. The monoisotopic (exact) mass is 167 g/mol. The molecule has 0 saturated heterocycles. The van der Waals surface area contributed by atoms with Gasteiger partial charge in [0.25, 0.3) is 0 Å². The number of ether oxygens (including phenoxy) is 1. The minimum atomic E-state index is 0.385. The van der Waals surface area contributed by atoms with E-state index in [1.54, 1.807) is 0 Å². The summed E-state index contributed by atoms with van der Waals surface area (Å²) in [7, 11) is 0. The van der Waals surface area contributed by atoms with Gasteiger partial charge in [-0.1, -0.05) is 12.2 Å². The normalized spacial score (nSPS) is 40.9. The smallest absolute Gasteiger partial charge is 0.0759 e. The number of rotatable bonds is 2. The van der Waals surface area contributed by atoms with Crippen LogP contribution in [0.3, 0.4) is 0 Å². The SMILES string of the molecule is NC1CC(OC2C=CCCC2)C1. The van der Waals surface area contributed by atoms with Crippen LogP contribution < -0.4 is 5.73 Å². The van der Waals surface area contributed by atoms with Gasteiger partial charge < -0.3 is 10.5 Å². The van der Waals surface area contributed by atoms with Crippen LogP contribution in [0.1, 0.15) is 32.1 Å². The van der Waals surface area contributed by atoms with Crippen molar-refractivity contribution in [1.29, 1.82) is 0 Å². The van der Waals surface area contributed by atoms with Gasteiger partial charge in [-0.2, -0.15) is 0 Å². The Kier molecular flexibility index (Phi) is 2.47. The minimum Gasteiger partial charge on any atom is -0.371 e. The Morgan fingerprint density at radius 2 is 2.17 bits per heavy atom. The topological polar surface area (TPSA) is 35.2 Å². The van der Waals surface area contributed by atoms with E-state index in [9.17, 15) is 0 Å². The standard InChI is InChI=1S/C10H17NO/c11-8-6-10(7-8)12-9-4-2-1-3-5-9/h2,4,8-10H,1,3,5-7,11H2. The van der Waals surface area contributed by atoms with Crippen molar-refractivity contribution in [2.75, 3.05) is 0 Å². The van der Waals surface area contributed by atoms with E-state index < -0.39 is 0 Å². The molecule has 0 aliphatic heterocycles. The largest absolute Gasteiger partial charge is 0.371 e. The molecule has 0 aromatic carbocycles. The maximum Gasteiger partial charge on any atom is 0.0759 e. The molecular weight excluding hydrogens is 150 g/mol. The van der Waals surface area contributed by atoms with Crippen molar-refractivity contribution >= 4 is 0 Å². The van der Waals surface area contributed by atoms with Gasteiger partial charge in [0.05, 0.1) is 12.2 Å². The third kappa shape index (κ3) is 1.87. The van der Waals surface area contributed by atoms with Gasteiger partial charge >= 0.3 is 0 Å². The van der Waals surface area contributed by atoms with Crippen LogP contribution in [0.5, 0.6) is 0 Å². The number of hydrogen-bond acceptors (Lipinski definition) is 2. The molecule has 0 aromatic rings. The van der Waals surface area contributed by atoms with Crippen molar-refractivity contribution in [1.82, 2.24) is 0 Å². The molecule has 0 spiro atoms. The van der Waals surface area contributed by atoms with E-state index in [0.29, 0.717) is 18.2 Å². The fourth-order valence-electron chi connectivity index (χ4n) is 1.86. The van der Waals surface area contributed by atoms with E-state index in [1.807, 2.05) is 0 Å². The molecule has 12 heavy (non-hydrogen) atoms. The summed E-state index contributed by atoms with van der Waals surface area (Å²) in [5.74, 6) is 0. The van der Waals surface area contributed by atoms with E-state index in [4.69, 9.17) is 10.5 Å². The summed E-state index contributed by atoms with van der Waals surface area (Å²) < 4.78 is 5.83. The van der Waals surface area contributed by atoms with Crippen LogP contribution in [-0.2, 0) is 4.74 Å². The summed E-state index contributed by atoms with van der Waals surface area (Å²) >= 11 is 0. The molecule has 0 heterocycles. The van der Waals surface area contributed by atoms with Gasteiger partial charge in [0.2, 0.25) is 0 Å². The summed E-state index contributed by atoms with van der Waals surface area (Å²) in [5.41, 5.74) is 5.68. The first kappa shape index (κ1) is 8.27. The molecule has 1 atom stereocenters. The Morgan fingerprint density at radius 1 is 1.33 bits per heavy atom. The van der Waals surface area contributed by atoms with Crippen molar-refractivity contribution in [3.8, 4) is 0 Å². The second-order valence-electron chi connectivity index (χ2n) is 3.89. The Labute approximate surface area is 73.8 Å². The molecule has 0 aromatic heterocycles. The molecule has 2 aliphatic rings. The quantitative estimate of drug-likeness (QED) is 0.634. The molecular formula is C10H17NO. The van der Waals surface area contributed by atoms with E-state index in [0.717, 1.165) is 12.8 Å². The molecule has 1 saturated carbocycles. The van der Waals surface area contributed by atoms with Crippen LogP contribution >= 0.6 is 0 Å². The van der Waals surface area contributed by atoms with Crippen molar-refractivity contribution < 1.29 is 4.74 Å². The molecule has 2 N–H and O–H groups in total. The molecule has 1 unspecified atom stereocenters. The fourth-order valence-corrected chi connectivity index (χ4v) is 1.86. The average molecular weight is 167 g/mol. The minimum absolute atomic E-state index is 0.385. The zero-order chi connectivity index (χ0) is 8.39. The Morgan fingerprint density at radius 3 is 2.75 bits per heavy atom. The van der Waals surface area contributed by atoms with Gasteiger partial charge in [-0.25, -0.2) is 0 Å². The lowest BCUT2D eigenvalue weighted by molar-refractivity contribution is -0.0438. The molecule has 2 nitrogen and oxygen atoms in total. The van der Waals surface area contributed by atoms with Crippen LogP contribution in [0.25, 0.3) is 0 Å². The van der Waals surface area contributed by atoms with Gasteiger partial charge in [-0.3, -0.25) is 0 Å². The van der Waals surface area contributed by atoms with Crippen LogP contribution in [0.4, 0.5) is 0 Å². The van der Waals surface area contributed by atoms with Crippen molar-refractivity contribution in [3.63, 3.8) is 0 Å². The molecule has 2 heteroatoms. The highest BCUT2D eigenvalue weighted by Gasteiger charge is 2.28. The summed E-state index contributed by atoms with van der Waals surface area (Å²) in [6.45, 7) is 0. The first-order valence-corrected chi connectivity index (χ1v) is 4.92. The molecule has 0 bridgehead atoms. The lowest BCUT2D eigenvalue weighted by Crippen LogP contribution is -2.43. The number of allylic oxidation sites excluding steroid dienone is 1. The third-order valence-electron chi connectivity index (χ3n) is 2.71. The van der Waals surface area contributed by atoms with Crippen LogP contribution in [0, 0.1) is 0 Å². The van der Waals surface area contributed by atoms with Gasteiger partial charge in [-0.05, 0) is 32.1 Å². The molecule has 2 aliphatic carbocycles. The summed E-state index contributed by atoms with van der Waals surface area (Å²) in [5, 5.41) is 0. The molecule has 1 fully saturated rings. The van der Waals surface area contributed by atoms with E-state index in [2.05, 4.69) is 12.2 Å². The highest BCUT2D eigenvalue weighted by atomic mass is 16.5. The maximum atomic E-state index is 5.83. The lowest BCUT2D eigenvalue weighted by atomic mass is 9.90. The zero-order valence-corrected chi connectivity index (χ0v) is 7.41. The van der Waals surface area contributed by atoms with Gasteiger partial charge in [0.1, 0.15) is 0 Å². The Bertz CT molecular complexity index is 173. The lowest BCUT2D eigenvalue weighted by Gasteiger charge is -2.35. The number of hydrogen-bond donors (Lipinski definition) is 1. The van der Waals surface area contributed by atoms with Gasteiger partial charge in [0.15, 0.2) is 0 Å². The van der Waals surface area contributed by atoms with Crippen LogP contribution in [0.2, 0.25) is 0 Å². The van der Waals surface area contributed by atoms with Gasteiger partial charge in [0, 0.05) is 6.04 Å². The number of nitrogens with two attached hydrogens (primary N) is 1. The second kappa shape index (κ2) is 3.58. The van der Waals surface area contributed by atoms with Crippen molar-refractivity contribution in [3.05, 3.63) is 12.2 Å². The van der Waals surface area contributed by atoms with Crippen molar-refractivity contribution in [2.45, 2.75) is 50.4 Å². The summed E-state index contributed by atoms with van der Waals surface area (Å²) in [6.07, 6.45) is 11.1. The summed E-state index contributed by atoms with van der Waals surface area (Å²) in [6, 6.07) is 0.405. The van der Waals surface area contributed by atoms with Gasteiger partial charge in [-0.15, -0.1) is 0 Å². The predicted molar refractivity (Wildman–Crippen MR) is 48.9 cm³/mol. The summed E-state index contributed by atoms with van der Waals surface area (Å²) in [4.78, 5) is 0. The molecule has 2 rings (SSSR count). The highest BCUT2D eigenvalue weighted by molar-refractivity contribution is 4.96. The molecule has 0 amide bonds. The Hall–Kier alpha value is -0.340. The molecule has 68 valence electrons. The maximum absolute atomic E-state index is 5.83. The van der Waals surface area contributed by atoms with Crippen LogP contribution in [-0.4, -0.2) is 18.2 Å². The fraction of sp³-hybridized carbons (Fsp3) is 0.800. The second-order valence-corrected chi connectivity index (χ2v) is 3.89. The first-order chi connectivity index (χ1) is 5.84. The zero-order valence-electron chi connectivity index (χ0n) is 7.41. The van der Waals surface area contributed by atoms with E-state index in [-0.39, 0.29) is 0 Å². The van der Waals surface area contributed by atoms with E-state index >= 15 is 0 Å². The predicted octanol–water partition coefficient (Wildman–Crippen LogP) is 1.60. The van der Waals surface area contributed by atoms with Crippen LogP contribution in [0.15, 0.2) is 12.2 Å². The van der Waals surface area contributed by atoms with E-state index in [1.165, 1.54) is 19.3 Å². The highest BCUT2D eigenvalue weighted by Crippen LogP contribution is 2.25. The first-order valence-electron chi connectivity index (χ1n) is 4.92. The third-order valence-corrected chi connectivity index (χ3v) is 2.71.